The number of benzene rings is 3. The molecular weight excluding hydrogens is 502 g/mol. The van der Waals surface area contributed by atoms with Crippen LogP contribution in [-0.4, -0.2) is 28.1 Å². The number of hydrogen-bond acceptors (Lipinski definition) is 7. The lowest BCUT2D eigenvalue weighted by atomic mass is 10.1. The molecular formula is C26H20ClN3O7. The van der Waals surface area contributed by atoms with Crippen molar-refractivity contribution in [2.45, 2.75) is 6.92 Å². The maximum atomic E-state index is 13.7. The molecule has 4 rings (SSSR count). The minimum atomic E-state index is -1.26. The lowest BCUT2D eigenvalue weighted by Crippen LogP contribution is -2.37. The molecule has 188 valence electrons. The number of carbonyl (C=O) groups is 2. The fourth-order valence-electron chi connectivity index (χ4n) is 3.83. The van der Waals surface area contributed by atoms with Gasteiger partial charge in [0.15, 0.2) is 5.75 Å². The van der Waals surface area contributed by atoms with E-state index in [4.69, 9.17) is 21.1 Å². The van der Waals surface area contributed by atoms with Crippen LogP contribution in [0.1, 0.15) is 17.3 Å². The number of amides is 1. The Morgan fingerprint density at radius 1 is 1.00 bits per heavy atom. The highest BCUT2D eigenvalue weighted by Gasteiger charge is 2.30. The Morgan fingerprint density at radius 3 is 2.30 bits per heavy atom. The predicted octanol–water partition coefficient (Wildman–Crippen LogP) is 5.34. The number of ether oxygens (including phenoxy) is 2. The summed E-state index contributed by atoms with van der Waals surface area (Å²) in [4.78, 5) is 51.6. The molecule has 4 aromatic rings. The van der Waals surface area contributed by atoms with Gasteiger partial charge in [-0.1, -0.05) is 35.9 Å². The number of nitrogens with zero attached hydrogens (tertiary/aromatic N) is 3. The van der Waals surface area contributed by atoms with Crippen molar-refractivity contribution in [1.82, 2.24) is 4.57 Å². The Hall–Kier alpha value is -4.70. The summed E-state index contributed by atoms with van der Waals surface area (Å²) in [6.07, 6.45) is -1.26. The average molecular weight is 522 g/mol. The summed E-state index contributed by atoms with van der Waals surface area (Å²) in [6, 6.07) is 18.2. The van der Waals surface area contributed by atoms with E-state index >= 15 is 0 Å². The number of pyridine rings is 1. The molecule has 1 amide bonds. The number of nitro groups is 1. The molecule has 0 spiro atoms. The minimum Gasteiger partial charge on any atom is -0.395 e. The molecule has 0 saturated carbocycles. The van der Waals surface area contributed by atoms with E-state index in [9.17, 15) is 24.5 Å². The van der Waals surface area contributed by atoms with Gasteiger partial charge in [-0.05, 0) is 43.3 Å². The topological polar surface area (TPSA) is 121 Å². The van der Waals surface area contributed by atoms with Crippen LogP contribution in [0.25, 0.3) is 10.9 Å². The van der Waals surface area contributed by atoms with Crippen molar-refractivity contribution in [3.8, 4) is 11.5 Å². The highest BCUT2D eigenvalue weighted by Crippen LogP contribution is 2.35. The monoisotopic (exact) mass is 521 g/mol. The number of halogens is 1. The van der Waals surface area contributed by atoms with Gasteiger partial charge in [-0.25, -0.2) is 4.79 Å². The van der Waals surface area contributed by atoms with Gasteiger partial charge >= 0.3 is 6.16 Å². The highest BCUT2D eigenvalue weighted by molar-refractivity contribution is 6.36. The molecule has 0 aliphatic rings. The van der Waals surface area contributed by atoms with Crippen LogP contribution < -0.4 is 19.9 Å². The van der Waals surface area contributed by atoms with E-state index in [2.05, 4.69) is 0 Å². The number of para-hydroxylation sites is 1. The van der Waals surface area contributed by atoms with Crippen molar-refractivity contribution in [1.29, 1.82) is 0 Å². The molecule has 0 radical (unpaired) electrons. The summed E-state index contributed by atoms with van der Waals surface area (Å²) in [5.74, 6) is -1.09. The van der Waals surface area contributed by atoms with Crippen molar-refractivity contribution in [3.63, 3.8) is 0 Å². The Labute approximate surface area is 215 Å². The van der Waals surface area contributed by atoms with Gasteiger partial charge < -0.3 is 18.9 Å². The zero-order valence-electron chi connectivity index (χ0n) is 19.7. The molecule has 10 nitrogen and oxygen atoms in total. The fourth-order valence-corrected chi connectivity index (χ4v) is 4.08. The molecule has 1 aromatic heterocycles. The molecule has 0 aliphatic carbocycles. The largest absolute Gasteiger partial charge is 0.519 e. The van der Waals surface area contributed by atoms with Gasteiger partial charge in [0.2, 0.25) is 0 Å². The molecule has 11 heteroatoms. The number of fused-ring (bicyclic) bond motifs is 1. The smallest absolute Gasteiger partial charge is 0.395 e. The van der Waals surface area contributed by atoms with Gasteiger partial charge in [-0.3, -0.25) is 19.7 Å². The normalized spacial score (nSPS) is 10.7. The van der Waals surface area contributed by atoms with Crippen LogP contribution in [-0.2, 0) is 7.05 Å². The van der Waals surface area contributed by atoms with Gasteiger partial charge in [0.25, 0.3) is 17.2 Å². The molecule has 0 N–H and O–H groups in total. The summed E-state index contributed by atoms with van der Waals surface area (Å²) in [5.41, 5.74) is -0.439. The van der Waals surface area contributed by atoms with Gasteiger partial charge in [0, 0.05) is 31.4 Å². The van der Waals surface area contributed by atoms with E-state index in [-0.39, 0.29) is 34.1 Å². The zero-order valence-corrected chi connectivity index (χ0v) is 20.5. The second kappa shape index (κ2) is 10.5. The molecule has 0 unspecified atom stereocenters. The second-order valence-corrected chi connectivity index (χ2v) is 8.20. The van der Waals surface area contributed by atoms with Gasteiger partial charge in [0.05, 0.1) is 20.8 Å². The third kappa shape index (κ3) is 5.00. The summed E-state index contributed by atoms with van der Waals surface area (Å²) < 4.78 is 11.9. The van der Waals surface area contributed by atoms with Gasteiger partial charge in [-0.2, -0.15) is 0 Å². The standard InChI is InChI=1S/C26H20ClN3O7/c1-3-29(16-8-5-4-6-9-16)25(32)22-23(21-19(27)10-7-11-20(21)28(2)24(22)31)37-26(33)36-18-14-12-17(13-15-18)30(34)35/h4-15H,3H2,1-2H3. The third-order valence-electron chi connectivity index (χ3n) is 5.60. The molecule has 0 fully saturated rings. The SMILES string of the molecule is CCN(C(=O)c1c(OC(=O)Oc2ccc([N+](=O)[O-])cc2)c2c(Cl)cccc2n(C)c1=O)c1ccccc1. The number of anilines is 1. The van der Waals surface area contributed by atoms with E-state index in [1.165, 1.54) is 34.7 Å². The maximum absolute atomic E-state index is 13.7. The summed E-state index contributed by atoms with van der Waals surface area (Å²) >= 11 is 6.45. The van der Waals surface area contributed by atoms with Crippen LogP contribution >= 0.6 is 11.6 Å². The minimum absolute atomic E-state index is 0.0396. The average Bonchev–Trinajstić information content (AvgIpc) is 2.88. The number of carbonyl (C=O) groups excluding carboxylic acids is 2. The molecule has 0 saturated heterocycles. The Morgan fingerprint density at radius 2 is 1.68 bits per heavy atom. The maximum Gasteiger partial charge on any atom is 0.519 e. The Kier molecular flexibility index (Phi) is 7.21. The van der Waals surface area contributed by atoms with E-state index in [0.29, 0.717) is 11.2 Å². The summed E-state index contributed by atoms with van der Waals surface area (Å²) in [5, 5.41) is 11.2. The van der Waals surface area contributed by atoms with E-state index < -0.39 is 28.1 Å². The molecule has 0 atom stereocenters. The van der Waals surface area contributed by atoms with Crippen LogP contribution in [0.15, 0.2) is 77.6 Å². The first-order valence-corrected chi connectivity index (χ1v) is 11.4. The van der Waals surface area contributed by atoms with Gasteiger partial charge in [-0.15, -0.1) is 0 Å². The number of rotatable bonds is 6. The van der Waals surface area contributed by atoms with E-state index in [1.807, 2.05) is 0 Å². The number of nitro benzene ring substituents is 1. The summed E-state index contributed by atoms with van der Waals surface area (Å²) in [7, 11) is 1.48. The molecule has 3 aromatic carbocycles. The van der Waals surface area contributed by atoms with Crippen LogP contribution in [0.3, 0.4) is 0 Å². The first-order chi connectivity index (χ1) is 17.7. The number of aromatic nitrogens is 1. The lowest BCUT2D eigenvalue weighted by molar-refractivity contribution is -0.384. The lowest BCUT2D eigenvalue weighted by Gasteiger charge is -2.23. The number of aryl methyl sites for hydroxylation is 1. The van der Waals surface area contributed by atoms with E-state index in [0.717, 1.165) is 12.1 Å². The molecule has 37 heavy (non-hydrogen) atoms. The fraction of sp³-hybridized carbons (Fsp3) is 0.115. The van der Waals surface area contributed by atoms with Crippen LogP contribution in [0.2, 0.25) is 5.02 Å². The zero-order chi connectivity index (χ0) is 26.7. The van der Waals surface area contributed by atoms with Gasteiger partial charge in [0.1, 0.15) is 11.3 Å². The quantitative estimate of drug-likeness (QED) is 0.145. The van der Waals surface area contributed by atoms with Crippen LogP contribution in [0, 0.1) is 10.1 Å². The van der Waals surface area contributed by atoms with Crippen molar-refractivity contribution in [2.75, 3.05) is 11.4 Å². The molecule has 1 heterocycles. The van der Waals surface area contributed by atoms with Crippen molar-refractivity contribution < 1.29 is 24.0 Å². The van der Waals surface area contributed by atoms with E-state index in [1.54, 1.807) is 49.4 Å². The van der Waals surface area contributed by atoms with Crippen molar-refractivity contribution in [3.05, 3.63) is 104 Å². The second-order valence-electron chi connectivity index (χ2n) is 7.79. The first kappa shape index (κ1) is 25.4. The highest BCUT2D eigenvalue weighted by atomic mass is 35.5. The third-order valence-corrected chi connectivity index (χ3v) is 5.92. The van der Waals surface area contributed by atoms with Crippen molar-refractivity contribution >= 4 is 45.9 Å². The van der Waals surface area contributed by atoms with Crippen LogP contribution in [0.4, 0.5) is 16.2 Å². The van der Waals surface area contributed by atoms with Crippen molar-refractivity contribution in [2.24, 2.45) is 7.05 Å². The number of non-ortho nitro benzene ring substituents is 1. The Balaban J connectivity index is 1.82. The summed E-state index contributed by atoms with van der Waals surface area (Å²) in [6.45, 7) is 1.96. The van der Waals surface area contributed by atoms with Crippen LogP contribution in [0.5, 0.6) is 11.5 Å². The Bertz CT molecular complexity index is 1570. The molecule has 0 aliphatic heterocycles. The predicted molar refractivity (Wildman–Crippen MR) is 138 cm³/mol. The number of hydrogen-bond donors (Lipinski definition) is 0. The molecule has 0 bridgehead atoms. The first-order valence-electron chi connectivity index (χ1n) is 11.0.